The van der Waals surface area contributed by atoms with E-state index in [2.05, 4.69) is 6.92 Å². The average molecular weight is 211 g/mol. The highest BCUT2D eigenvalue weighted by Crippen LogP contribution is 2.50. The molecule has 2 N–H and O–H groups in total. The summed E-state index contributed by atoms with van der Waals surface area (Å²) in [4.78, 5) is 0. The summed E-state index contributed by atoms with van der Waals surface area (Å²) in [6.07, 6.45) is 7.13. The maximum atomic E-state index is 5.66. The molecular weight excluding hydrogens is 186 g/mol. The second-order valence-corrected chi connectivity index (χ2v) is 5.57. The number of methoxy groups -OCH3 is 1. The zero-order valence-corrected chi connectivity index (χ0v) is 10.1. The van der Waals surface area contributed by atoms with E-state index in [-0.39, 0.29) is 0 Å². The Labute approximate surface area is 93.6 Å². The number of rotatable bonds is 4. The molecule has 0 radical (unpaired) electrons. The van der Waals surface area contributed by atoms with E-state index in [1.807, 2.05) is 7.11 Å². The molecule has 2 aliphatic carbocycles. The first-order valence-electron chi connectivity index (χ1n) is 6.49. The summed E-state index contributed by atoms with van der Waals surface area (Å²) in [5.74, 6) is 3.61. The van der Waals surface area contributed by atoms with Gasteiger partial charge in [-0.15, -0.1) is 0 Å². The van der Waals surface area contributed by atoms with Crippen molar-refractivity contribution < 1.29 is 4.74 Å². The molecule has 15 heavy (non-hydrogen) atoms. The molecule has 0 spiro atoms. The average Bonchev–Trinajstić information content (AvgIpc) is 2.96. The lowest BCUT2D eigenvalue weighted by atomic mass is 9.75. The van der Waals surface area contributed by atoms with Crippen molar-refractivity contribution in [2.24, 2.45) is 29.4 Å². The van der Waals surface area contributed by atoms with Crippen LogP contribution in [0, 0.1) is 23.7 Å². The monoisotopic (exact) mass is 211 g/mol. The van der Waals surface area contributed by atoms with Gasteiger partial charge >= 0.3 is 0 Å². The van der Waals surface area contributed by atoms with Gasteiger partial charge in [0.15, 0.2) is 0 Å². The molecule has 0 aliphatic heterocycles. The van der Waals surface area contributed by atoms with Gasteiger partial charge in [0, 0.05) is 7.11 Å². The molecule has 5 atom stereocenters. The SMILES string of the molecule is COC1CCC(CCN)CC1C1CC1C. The number of nitrogens with two attached hydrogens (primary N) is 1. The summed E-state index contributed by atoms with van der Waals surface area (Å²) in [6.45, 7) is 3.24. The van der Waals surface area contributed by atoms with E-state index >= 15 is 0 Å². The lowest BCUT2D eigenvalue weighted by Crippen LogP contribution is -2.33. The smallest absolute Gasteiger partial charge is 0.0602 e. The molecule has 2 fully saturated rings. The van der Waals surface area contributed by atoms with Gasteiger partial charge in [0.05, 0.1) is 6.10 Å². The second-order valence-electron chi connectivity index (χ2n) is 5.57. The van der Waals surface area contributed by atoms with E-state index in [9.17, 15) is 0 Å². The van der Waals surface area contributed by atoms with E-state index < -0.39 is 0 Å². The molecule has 5 unspecified atom stereocenters. The number of hydrogen-bond acceptors (Lipinski definition) is 2. The largest absolute Gasteiger partial charge is 0.381 e. The maximum Gasteiger partial charge on any atom is 0.0602 e. The first-order chi connectivity index (χ1) is 7.26. The summed E-state index contributed by atoms with van der Waals surface area (Å²) in [5, 5.41) is 0. The van der Waals surface area contributed by atoms with Crippen molar-refractivity contribution in [3.8, 4) is 0 Å². The highest BCUT2D eigenvalue weighted by atomic mass is 16.5. The van der Waals surface area contributed by atoms with Crippen LogP contribution in [0.2, 0.25) is 0 Å². The first kappa shape index (κ1) is 11.4. The van der Waals surface area contributed by atoms with Crippen molar-refractivity contribution in [1.29, 1.82) is 0 Å². The number of hydrogen-bond donors (Lipinski definition) is 1. The minimum absolute atomic E-state index is 0.536. The first-order valence-corrected chi connectivity index (χ1v) is 6.49. The molecule has 0 bridgehead atoms. The van der Waals surface area contributed by atoms with E-state index in [1.165, 1.54) is 32.1 Å². The van der Waals surface area contributed by atoms with Gasteiger partial charge in [-0.3, -0.25) is 0 Å². The molecule has 0 saturated heterocycles. The highest BCUT2D eigenvalue weighted by molar-refractivity contribution is 4.95. The Morgan fingerprint density at radius 1 is 1.20 bits per heavy atom. The van der Waals surface area contributed by atoms with Gasteiger partial charge < -0.3 is 10.5 Å². The predicted octanol–water partition coefficient (Wildman–Crippen LogP) is 2.42. The molecule has 0 amide bonds. The lowest BCUT2D eigenvalue weighted by Gasteiger charge is -2.35. The van der Waals surface area contributed by atoms with Crippen LogP contribution in [-0.2, 0) is 4.74 Å². The third kappa shape index (κ3) is 2.54. The van der Waals surface area contributed by atoms with Crippen molar-refractivity contribution in [3.05, 3.63) is 0 Å². The van der Waals surface area contributed by atoms with Crippen LogP contribution < -0.4 is 5.73 Å². The van der Waals surface area contributed by atoms with Crippen LogP contribution in [0.1, 0.15) is 39.0 Å². The quantitative estimate of drug-likeness (QED) is 0.775. The van der Waals surface area contributed by atoms with Crippen LogP contribution in [-0.4, -0.2) is 19.8 Å². The van der Waals surface area contributed by atoms with Crippen LogP contribution in [0.25, 0.3) is 0 Å². The molecule has 0 aromatic carbocycles. The van der Waals surface area contributed by atoms with Crippen LogP contribution in [0.15, 0.2) is 0 Å². The van der Waals surface area contributed by atoms with Gasteiger partial charge in [-0.2, -0.15) is 0 Å². The Kier molecular flexibility index (Phi) is 3.68. The van der Waals surface area contributed by atoms with Gasteiger partial charge in [-0.05, 0) is 62.3 Å². The normalized spacial score (nSPS) is 45.4. The Bertz CT molecular complexity index is 207. The van der Waals surface area contributed by atoms with Gasteiger partial charge in [0.1, 0.15) is 0 Å². The molecule has 2 rings (SSSR count). The summed E-state index contributed by atoms with van der Waals surface area (Å²) >= 11 is 0. The molecule has 2 aliphatic rings. The molecule has 2 saturated carbocycles. The fraction of sp³-hybridized carbons (Fsp3) is 1.00. The third-order valence-electron chi connectivity index (χ3n) is 4.54. The van der Waals surface area contributed by atoms with E-state index in [0.29, 0.717) is 6.10 Å². The predicted molar refractivity (Wildman–Crippen MR) is 62.6 cm³/mol. The minimum Gasteiger partial charge on any atom is -0.381 e. The summed E-state index contributed by atoms with van der Waals surface area (Å²) in [7, 11) is 1.88. The van der Waals surface area contributed by atoms with Crippen LogP contribution in [0.5, 0.6) is 0 Å². The van der Waals surface area contributed by atoms with Crippen molar-refractivity contribution in [1.82, 2.24) is 0 Å². The van der Waals surface area contributed by atoms with Crippen LogP contribution in [0.3, 0.4) is 0 Å². The molecule has 2 nitrogen and oxygen atoms in total. The fourth-order valence-electron chi connectivity index (χ4n) is 3.46. The molecule has 0 aromatic rings. The topological polar surface area (TPSA) is 35.2 Å². The standard InChI is InChI=1S/C13H25NO/c1-9-7-11(9)12-8-10(5-6-14)3-4-13(12)15-2/h9-13H,3-8,14H2,1-2H3. The molecule has 0 aromatic heterocycles. The van der Waals surface area contributed by atoms with Gasteiger partial charge in [-0.1, -0.05) is 6.92 Å². The highest BCUT2D eigenvalue weighted by Gasteiger charge is 2.45. The summed E-state index contributed by atoms with van der Waals surface area (Å²) in [5.41, 5.74) is 5.66. The van der Waals surface area contributed by atoms with Gasteiger partial charge in [-0.25, -0.2) is 0 Å². The van der Waals surface area contributed by atoms with Crippen LogP contribution in [0.4, 0.5) is 0 Å². The van der Waals surface area contributed by atoms with E-state index in [4.69, 9.17) is 10.5 Å². The van der Waals surface area contributed by atoms with Crippen molar-refractivity contribution >= 4 is 0 Å². The lowest BCUT2D eigenvalue weighted by molar-refractivity contribution is -0.00350. The van der Waals surface area contributed by atoms with Crippen molar-refractivity contribution in [2.75, 3.05) is 13.7 Å². The second kappa shape index (κ2) is 4.84. The third-order valence-corrected chi connectivity index (χ3v) is 4.54. The summed E-state index contributed by atoms with van der Waals surface area (Å²) < 4.78 is 5.65. The van der Waals surface area contributed by atoms with Crippen molar-refractivity contribution in [2.45, 2.75) is 45.1 Å². The Balaban J connectivity index is 1.90. The van der Waals surface area contributed by atoms with Gasteiger partial charge in [0.2, 0.25) is 0 Å². The minimum atomic E-state index is 0.536. The van der Waals surface area contributed by atoms with Crippen molar-refractivity contribution in [3.63, 3.8) is 0 Å². The zero-order valence-electron chi connectivity index (χ0n) is 10.1. The summed E-state index contributed by atoms with van der Waals surface area (Å²) in [6, 6.07) is 0. The molecule has 88 valence electrons. The Hall–Kier alpha value is -0.0800. The maximum absolute atomic E-state index is 5.66. The Morgan fingerprint density at radius 3 is 2.47 bits per heavy atom. The Morgan fingerprint density at radius 2 is 1.93 bits per heavy atom. The van der Waals surface area contributed by atoms with Crippen LogP contribution >= 0.6 is 0 Å². The fourth-order valence-corrected chi connectivity index (χ4v) is 3.46. The molecular formula is C13H25NO. The van der Waals surface area contributed by atoms with E-state index in [0.717, 1.165) is 30.2 Å². The van der Waals surface area contributed by atoms with E-state index in [1.54, 1.807) is 0 Å². The zero-order chi connectivity index (χ0) is 10.8. The molecule has 0 heterocycles. The molecule has 2 heteroatoms. The number of ether oxygens (including phenoxy) is 1. The van der Waals surface area contributed by atoms with Gasteiger partial charge in [0.25, 0.3) is 0 Å².